The second-order valence-corrected chi connectivity index (χ2v) is 12.3. The summed E-state index contributed by atoms with van der Waals surface area (Å²) in [5.41, 5.74) is 11.0. The lowest BCUT2D eigenvalue weighted by Crippen LogP contribution is -1.98. The van der Waals surface area contributed by atoms with Crippen molar-refractivity contribution in [2.24, 2.45) is 0 Å². The van der Waals surface area contributed by atoms with E-state index in [0.717, 1.165) is 82.7 Å². The van der Waals surface area contributed by atoms with Gasteiger partial charge in [0.25, 0.3) is 0 Å². The second kappa shape index (κ2) is 10.2. The van der Waals surface area contributed by atoms with Crippen LogP contribution in [0.15, 0.2) is 150 Å². The van der Waals surface area contributed by atoms with E-state index in [4.69, 9.17) is 11.0 Å². The molecule has 10 aromatic rings. The van der Waals surface area contributed by atoms with Gasteiger partial charge in [0.2, 0.25) is 0 Å². The Labute approximate surface area is 280 Å². The monoisotopic (exact) mass is 624 g/mol. The zero-order valence-corrected chi connectivity index (χ0v) is 26.1. The smallest absolute Gasteiger partial charge is 0.188 e. The number of nitrogens with zero attached hydrogens (tertiary/aromatic N) is 4. The molecule has 0 unspecified atom stereocenters. The van der Waals surface area contributed by atoms with Gasteiger partial charge in [0.1, 0.15) is 5.58 Å². The fourth-order valence-electron chi connectivity index (χ4n) is 7.62. The molecule has 0 aliphatic carbocycles. The Balaban J connectivity index is 1.25. The van der Waals surface area contributed by atoms with Crippen molar-refractivity contribution in [3.63, 3.8) is 0 Å². The van der Waals surface area contributed by atoms with E-state index < -0.39 is 0 Å². The summed E-state index contributed by atoms with van der Waals surface area (Å²) in [6.07, 6.45) is 0. The maximum atomic E-state index is 9.98. The average Bonchev–Trinajstić information content (AvgIpc) is 3.82. The van der Waals surface area contributed by atoms with Gasteiger partial charge in [-0.1, -0.05) is 78.9 Å². The molecular formula is C44H24N4O. The van der Waals surface area contributed by atoms with E-state index in [9.17, 15) is 5.26 Å². The molecule has 49 heavy (non-hydrogen) atoms. The molecule has 0 saturated carbocycles. The molecule has 0 fully saturated rings. The predicted molar refractivity (Wildman–Crippen MR) is 199 cm³/mol. The van der Waals surface area contributed by atoms with Crippen molar-refractivity contribution in [1.29, 1.82) is 5.26 Å². The van der Waals surface area contributed by atoms with E-state index in [-0.39, 0.29) is 0 Å². The lowest BCUT2D eigenvalue weighted by atomic mass is 9.99. The van der Waals surface area contributed by atoms with E-state index in [1.807, 2.05) is 54.6 Å². The van der Waals surface area contributed by atoms with E-state index in [2.05, 4.69) is 111 Å². The lowest BCUT2D eigenvalue weighted by molar-refractivity contribution is 0.671. The SMILES string of the molecule is [C-]#[N+]c1ccc2c(c1)c1ccccc1n2-c1cc(C#N)ccc1-c1ccc2oc3c(ccc4c5ccccc5n(-c5ccccc5)c43)c2c1. The molecule has 0 aliphatic rings. The number of para-hydroxylation sites is 3. The molecule has 226 valence electrons. The lowest BCUT2D eigenvalue weighted by Gasteiger charge is -2.15. The van der Waals surface area contributed by atoms with Crippen molar-refractivity contribution in [2.45, 2.75) is 0 Å². The molecule has 0 amide bonds. The van der Waals surface area contributed by atoms with Gasteiger partial charge in [-0.2, -0.15) is 5.26 Å². The molecule has 0 bridgehead atoms. The number of hydrogen-bond donors (Lipinski definition) is 0. The number of rotatable bonds is 3. The van der Waals surface area contributed by atoms with Crippen LogP contribution in [0.5, 0.6) is 0 Å². The molecule has 3 heterocycles. The Hall–Kier alpha value is -7.08. The maximum Gasteiger partial charge on any atom is 0.188 e. The molecular weight excluding hydrogens is 601 g/mol. The Morgan fingerprint density at radius 2 is 1.29 bits per heavy atom. The molecule has 0 aliphatic heterocycles. The summed E-state index contributed by atoms with van der Waals surface area (Å²) in [5.74, 6) is 0. The van der Waals surface area contributed by atoms with Crippen molar-refractivity contribution >= 4 is 71.2 Å². The van der Waals surface area contributed by atoms with Crippen LogP contribution in [0.4, 0.5) is 5.69 Å². The molecule has 0 saturated heterocycles. The summed E-state index contributed by atoms with van der Waals surface area (Å²) in [7, 11) is 0. The van der Waals surface area contributed by atoms with Gasteiger partial charge < -0.3 is 13.6 Å². The summed E-state index contributed by atoms with van der Waals surface area (Å²) in [6, 6.07) is 52.0. The predicted octanol–water partition coefficient (Wildman–Crippen LogP) is 11.9. The van der Waals surface area contributed by atoms with Crippen LogP contribution in [0.1, 0.15) is 5.56 Å². The highest BCUT2D eigenvalue weighted by molar-refractivity contribution is 6.22. The van der Waals surface area contributed by atoms with Gasteiger partial charge in [0, 0.05) is 38.2 Å². The third-order valence-electron chi connectivity index (χ3n) is 9.75. The fraction of sp³-hybridized carbons (Fsp3) is 0. The van der Waals surface area contributed by atoms with Crippen LogP contribution in [0.3, 0.4) is 0 Å². The van der Waals surface area contributed by atoms with Crippen molar-refractivity contribution < 1.29 is 4.42 Å². The highest BCUT2D eigenvalue weighted by atomic mass is 16.3. The van der Waals surface area contributed by atoms with Gasteiger partial charge in [0.05, 0.1) is 46.0 Å². The molecule has 0 radical (unpaired) electrons. The average molecular weight is 625 g/mol. The summed E-state index contributed by atoms with van der Waals surface area (Å²) in [5, 5.41) is 16.5. The van der Waals surface area contributed by atoms with Gasteiger partial charge in [-0.25, -0.2) is 4.85 Å². The zero-order chi connectivity index (χ0) is 32.6. The normalized spacial score (nSPS) is 11.6. The van der Waals surface area contributed by atoms with Gasteiger partial charge >= 0.3 is 0 Å². The minimum Gasteiger partial charge on any atom is -0.454 e. The van der Waals surface area contributed by atoms with Crippen LogP contribution < -0.4 is 0 Å². The standard InChI is InChI=1S/C44H24N4O/c1-46-29-17-21-40-36(25-29)33-12-6-8-14-39(33)48(40)41-23-27(26-45)15-18-31(41)28-16-22-42-37(24-28)35-20-19-34-32-11-5-7-13-38(32)47(43(34)44(35)49-42)30-9-3-2-4-10-30/h2-25H. The number of fused-ring (bicyclic) bond motifs is 10. The van der Waals surface area contributed by atoms with Crippen LogP contribution in [-0.2, 0) is 0 Å². The van der Waals surface area contributed by atoms with E-state index in [1.165, 1.54) is 5.39 Å². The number of hydrogen-bond acceptors (Lipinski definition) is 2. The number of furan rings is 1. The highest BCUT2D eigenvalue weighted by Gasteiger charge is 2.21. The number of benzene rings is 7. The molecule has 5 heteroatoms. The molecule has 7 aromatic carbocycles. The first-order chi connectivity index (χ1) is 24.2. The van der Waals surface area contributed by atoms with Crippen molar-refractivity contribution in [3.05, 3.63) is 163 Å². The first kappa shape index (κ1) is 27.1. The molecule has 5 nitrogen and oxygen atoms in total. The Kier molecular flexibility index (Phi) is 5.64. The first-order valence-electron chi connectivity index (χ1n) is 16.1. The quantitative estimate of drug-likeness (QED) is 0.184. The van der Waals surface area contributed by atoms with E-state index >= 15 is 0 Å². The van der Waals surface area contributed by atoms with Gasteiger partial charge in [0.15, 0.2) is 11.3 Å². The summed E-state index contributed by atoms with van der Waals surface area (Å²) < 4.78 is 11.2. The van der Waals surface area contributed by atoms with Gasteiger partial charge in [-0.05, 0) is 77.7 Å². The molecule has 0 N–H and O–H groups in total. The molecule has 0 spiro atoms. The summed E-state index contributed by atoms with van der Waals surface area (Å²) >= 11 is 0. The van der Waals surface area contributed by atoms with Gasteiger partial charge in [-0.15, -0.1) is 0 Å². The summed E-state index contributed by atoms with van der Waals surface area (Å²) in [6.45, 7) is 7.61. The molecule has 10 rings (SSSR count). The Morgan fingerprint density at radius 1 is 0.571 bits per heavy atom. The Bertz CT molecular complexity index is 3070. The largest absolute Gasteiger partial charge is 0.454 e. The van der Waals surface area contributed by atoms with Gasteiger partial charge in [-0.3, -0.25) is 0 Å². The van der Waals surface area contributed by atoms with Crippen molar-refractivity contribution in [2.75, 3.05) is 0 Å². The van der Waals surface area contributed by atoms with E-state index in [0.29, 0.717) is 11.3 Å². The topological polar surface area (TPSA) is 51.1 Å². The van der Waals surface area contributed by atoms with Crippen molar-refractivity contribution in [3.8, 4) is 28.6 Å². The van der Waals surface area contributed by atoms with Crippen LogP contribution in [-0.4, -0.2) is 9.13 Å². The number of aromatic nitrogens is 2. The Morgan fingerprint density at radius 3 is 2.08 bits per heavy atom. The third kappa shape index (κ3) is 3.85. The maximum absolute atomic E-state index is 9.98. The minimum atomic E-state index is 0.577. The van der Waals surface area contributed by atoms with Crippen LogP contribution in [0.25, 0.3) is 92.9 Å². The highest BCUT2D eigenvalue weighted by Crippen LogP contribution is 2.43. The number of nitriles is 1. The minimum absolute atomic E-state index is 0.577. The van der Waals surface area contributed by atoms with Crippen LogP contribution in [0, 0.1) is 17.9 Å². The first-order valence-corrected chi connectivity index (χ1v) is 16.1. The van der Waals surface area contributed by atoms with E-state index in [1.54, 1.807) is 0 Å². The molecule has 3 aromatic heterocycles. The zero-order valence-electron chi connectivity index (χ0n) is 26.1. The fourth-order valence-corrected chi connectivity index (χ4v) is 7.62. The summed E-state index contributed by atoms with van der Waals surface area (Å²) in [4.78, 5) is 3.69. The second-order valence-electron chi connectivity index (χ2n) is 12.3. The van der Waals surface area contributed by atoms with Crippen molar-refractivity contribution in [1.82, 2.24) is 9.13 Å². The third-order valence-corrected chi connectivity index (χ3v) is 9.75. The van der Waals surface area contributed by atoms with Crippen LogP contribution >= 0.6 is 0 Å². The van der Waals surface area contributed by atoms with Crippen LogP contribution in [0.2, 0.25) is 0 Å². The molecule has 0 atom stereocenters.